The van der Waals surface area contributed by atoms with Gasteiger partial charge in [0, 0.05) is 5.69 Å². The van der Waals surface area contributed by atoms with Gasteiger partial charge in [-0.05, 0) is 31.2 Å². The monoisotopic (exact) mass is 227 g/mol. The van der Waals surface area contributed by atoms with E-state index in [4.69, 9.17) is 5.26 Å². The van der Waals surface area contributed by atoms with Crippen LogP contribution in [0.15, 0.2) is 36.5 Å². The van der Waals surface area contributed by atoms with Crippen molar-refractivity contribution in [1.82, 2.24) is 4.98 Å². The fourth-order valence-corrected chi connectivity index (χ4v) is 1.44. The van der Waals surface area contributed by atoms with Crippen molar-refractivity contribution in [2.45, 2.75) is 6.92 Å². The van der Waals surface area contributed by atoms with E-state index >= 15 is 0 Å². The van der Waals surface area contributed by atoms with Crippen molar-refractivity contribution in [1.29, 1.82) is 5.26 Å². The zero-order valence-electron chi connectivity index (χ0n) is 9.24. The molecule has 0 unspecified atom stereocenters. The Morgan fingerprint density at radius 3 is 2.76 bits per heavy atom. The van der Waals surface area contributed by atoms with Gasteiger partial charge in [0.2, 0.25) is 0 Å². The first-order valence-electron chi connectivity index (χ1n) is 5.09. The Morgan fingerprint density at radius 1 is 1.29 bits per heavy atom. The van der Waals surface area contributed by atoms with Gasteiger partial charge in [0.25, 0.3) is 0 Å². The van der Waals surface area contributed by atoms with E-state index in [1.54, 1.807) is 18.3 Å². The van der Waals surface area contributed by atoms with Gasteiger partial charge in [0.05, 0.1) is 17.6 Å². The molecule has 4 heteroatoms. The van der Waals surface area contributed by atoms with Gasteiger partial charge in [-0.15, -0.1) is 0 Å². The summed E-state index contributed by atoms with van der Waals surface area (Å²) in [6.45, 7) is 1.88. The van der Waals surface area contributed by atoms with Crippen LogP contribution in [-0.4, -0.2) is 4.98 Å². The number of halogens is 1. The number of hydrogen-bond acceptors (Lipinski definition) is 3. The van der Waals surface area contributed by atoms with Crippen molar-refractivity contribution in [3.05, 3.63) is 53.6 Å². The maximum absolute atomic E-state index is 13.3. The zero-order chi connectivity index (χ0) is 12.3. The molecule has 1 aromatic heterocycles. The van der Waals surface area contributed by atoms with E-state index in [2.05, 4.69) is 10.3 Å². The highest BCUT2D eigenvalue weighted by Crippen LogP contribution is 2.22. The molecule has 0 radical (unpaired) electrons. The Labute approximate surface area is 98.5 Å². The van der Waals surface area contributed by atoms with Gasteiger partial charge >= 0.3 is 0 Å². The lowest BCUT2D eigenvalue weighted by atomic mass is 10.2. The summed E-state index contributed by atoms with van der Waals surface area (Å²) in [6, 6.07) is 9.98. The van der Waals surface area contributed by atoms with E-state index in [0.29, 0.717) is 5.69 Å². The molecule has 84 valence electrons. The molecule has 0 aliphatic heterocycles. The summed E-state index contributed by atoms with van der Waals surface area (Å²) in [7, 11) is 0. The molecule has 1 N–H and O–H groups in total. The molecule has 0 saturated carbocycles. The van der Waals surface area contributed by atoms with Crippen LogP contribution in [0.3, 0.4) is 0 Å². The second-order valence-electron chi connectivity index (χ2n) is 3.59. The third-order valence-corrected chi connectivity index (χ3v) is 2.32. The first-order chi connectivity index (χ1) is 8.20. The summed E-state index contributed by atoms with van der Waals surface area (Å²) in [6.07, 6.45) is 1.64. The largest absolute Gasteiger partial charge is 0.353 e. The molecule has 2 rings (SSSR count). The molecule has 0 atom stereocenters. The van der Waals surface area contributed by atoms with Crippen molar-refractivity contribution in [3.63, 3.8) is 0 Å². The number of aryl methyl sites for hydroxylation is 1. The Bertz CT molecular complexity index is 570. The third kappa shape index (κ3) is 2.40. The first-order valence-corrected chi connectivity index (χ1v) is 5.09. The van der Waals surface area contributed by atoms with Gasteiger partial charge in [-0.2, -0.15) is 5.26 Å². The topological polar surface area (TPSA) is 48.7 Å². The molecule has 0 bridgehead atoms. The number of pyridine rings is 1. The zero-order valence-corrected chi connectivity index (χ0v) is 9.24. The quantitative estimate of drug-likeness (QED) is 0.857. The molecule has 0 aliphatic rings. The molecule has 0 amide bonds. The summed E-state index contributed by atoms with van der Waals surface area (Å²) in [5.74, 6) is -0.530. The second kappa shape index (κ2) is 4.62. The minimum absolute atomic E-state index is 0.00748. The van der Waals surface area contributed by atoms with Crippen molar-refractivity contribution in [3.8, 4) is 6.07 Å². The Hall–Kier alpha value is -2.41. The van der Waals surface area contributed by atoms with Gasteiger partial charge in [-0.1, -0.05) is 6.07 Å². The summed E-state index contributed by atoms with van der Waals surface area (Å²) in [5.41, 5.74) is 2.07. The van der Waals surface area contributed by atoms with Gasteiger partial charge in [0.15, 0.2) is 0 Å². The number of anilines is 2. The van der Waals surface area contributed by atoms with E-state index in [1.165, 1.54) is 6.07 Å². The summed E-state index contributed by atoms with van der Waals surface area (Å²) in [5, 5.41) is 11.8. The smallest absolute Gasteiger partial charge is 0.143 e. The lowest BCUT2D eigenvalue weighted by molar-refractivity contribution is 0.624. The third-order valence-electron chi connectivity index (χ3n) is 2.32. The van der Waals surface area contributed by atoms with Crippen molar-refractivity contribution in [2.75, 3.05) is 5.32 Å². The number of nitriles is 1. The Balaban J connectivity index is 2.34. The Morgan fingerprint density at radius 2 is 2.12 bits per heavy atom. The summed E-state index contributed by atoms with van der Waals surface area (Å²) in [4.78, 5) is 4.11. The van der Waals surface area contributed by atoms with Crippen LogP contribution < -0.4 is 5.32 Å². The van der Waals surface area contributed by atoms with Gasteiger partial charge in [-0.25, -0.2) is 4.39 Å². The number of aromatic nitrogens is 1. The highest BCUT2D eigenvalue weighted by molar-refractivity contribution is 5.66. The average molecular weight is 227 g/mol. The van der Waals surface area contributed by atoms with Crippen LogP contribution in [0.2, 0.25) is 0 Å². The molecule has 2 aromatic rings. The molecule has 3 nitrogen and oxygen atoms in total. The van der Waals surface area contributed by atoms with Crippen LogP contribution >= 0.6 is 0 Å². The number of hydrogen-bond donors (Lipinski definition) is 1. The van der Waals surface area contributed by atoms with E-state index in [1.807, 2.05) is 25.1 Å². The predicted molar refractivity (Wildman–Crippen MR) is 63.4 cm³/mol. The number of nitrogens with zero attached hydrogens (tertiary/aromatic N) is 2. The number of nitrogens with one attached hydrogen (secondary N) is 1. The van der Waals surface area contributed by atoms with E-state index in [-0.39, 0.29) is 5.56 Å². The van der Waals surface area contributed by atoms with Gasteiger partial charge in [-0.3, -0.25) is 4.98 Å². The van der Waals surface area contributed by atoms with Crippen LogP contribution in [-0.2, 0) is 0 Å². The maximum Gasteiger partial charge on any atom is 0.143 e. The molecule has 0 spiro atoms. The summed E-state index contributed by atoms with van der Waals surface area (Å²) < 4.78 is 13.3. The molecule has 0 aliphatic carbocycles. The average Bonchev–Trinajstić information content (AvgIpc) is 2.32. The molecule has 0 fully saturated rings. The van der Waals surface area contributed by atoms with Crippen molar-refractivity contribution >= 4 is 11.4 Å². The van der Waals surface area contributed by atoms with Crippen LogP contribution in [0.5, 0.6) is 0 Å². The van der Waals surface area contributed by atoms with Crippen LogP contribution in [0.25, 0.3) is 0 Å². The fraction of sp³-hybridized carbons (Fsp3) is 0.0769. The number of rotatable bonds is 2. The number of benzene rings is 1. The second-order valence-corrected chi connectivity index (χ2v) is 3.59. The fourth-order valence-electron chi connectivity index (χ4n) is 1.44. The molecule has 17 heavy (non-hydrogen) atoms. The van der Waals surface area contributed by atoms with Gasteiger partial charge < -0.3 is 5.32 Å². The van der Waals surface area contributed by atoms with E-state index in [0.717, 1.165) is 11.4 Å². The van der Waals surface area contributed by atoms with E-state index in [9.17, 15) is 4.39 Å². The minimum atomic E-state index is -0.530. The molecule has 0 saturated heterocycles. The molecular formula is C13H10FN3. The lowest BCUT2D eigenvalue weighted by Gasteiger charge is -2.08. The van der Waals surface area contributed by atoms with Gasteiger partial charge in [0.1, 0.15) is 17.4 Å². The predicted octanol–water partition coefficient (Wildman–Crippen LogP) is 3.14. The van der Waals surface area contributed by atoms with Crippen LogP contribution in [0.4, 0.5) is 15.8 Å². The Kier molecular flexibility index (Phi) is 3.01. The molecule has 1 aromatic carbocycles. The van der Waals surface area contributed by atoms with Crippen LogP contribution in [0.1, 0.15) is 11.3 Å². The minimum Gasteiger partial charge on any atom is -0.353 e. The molecule has 1 heterocycles. The van der Waals surface area contributed by atoms with Crippen molar-refractivity contribution in [2.24, 2.45) is 0 Å². The van der Waals surface area contributed by atoms with E-state index < -0.39 is 5.82 Å². The highest BCUT2D eigenvalue weighted by Gasteiger charge is 2.07. The van der Waals surface area contributed by atoms with Crippen LogP contribution in [0, 0.1) is 24.1 Å². The standard InChI is InChI=1S/C13H10FN3/c1-9-5-6-10(8-16-9)17-13-4-2-3-12(14)11(13)7-15/h2-6,8,17H,1H3. The highest BCUT2D eigenvalue weighted by atomic mass is 19.1. The normalized spacial score (nSPS) is 9.71. The first kappa shape index (κ1) is 11.1. The lowest BCUT2D eigenvalue weighted by Crippen LogP contribution is -1.96. The SMILES string of the molecule is Cc1ccc(Nc2cccc(F)c2C#N)cn1. The van der Waals surface area contributed by atoms with Crippen molar-refractivity contribution < 1.29 is 4.39 Å². The maximum atomic E-state index is 13.3. The molecular weight excluding hydrogens is 217 g/mol. The summed E-state index contributed by atoms with van der Waals surface area (Å²) >= 11 is 0.